The lowest BCUT2D eigenvalue weighted by atomic mass is 10.0. The van der Waals surface area contributed by atoms with Crippen molar-refractivity contribution < 1.29 is 35.3 Å². The third kappa shape index (κ3) is 3.46. The first-order chi connectivity index (χ1) is 12.6. The number of hydrogen-bond acceptors (Lipinski definition) is 6. The van der Waals surface area contributed by atoms with Crippen LogP contribution in [0, 0.1) is 0 Å². The SMILES string of the molecule is CCCCOC(=O)N1[C@@H]2CC[C@H]1c1nn(C)c(OS(=O)(=O)C(F)(F)F)c1C2. The Labute approximate surface area is 154 Å². The average molecular weight is 411 g/mol. The molecule has 1 saturated heterocycles. The summed E-state index contributed by atoms with van der Waals surface area (Å²) in [4.78, 5) is 13.9. The second-order valence-electron chi connectivity index (χ2n) is 6.60. The van der Waals surface area contributed by atoms with Gasteiger partial charge in [-0.3, -0.25) is 4.90 Å². The molecule has 0 radical (unpaired) electrons. The number of aryl methyl sites for hydroxylation is 1. The van der Waals surface area contributed by atoms with Crippen molar-refractivity contribution in [3.8, 4) is 5.88 Å². The number of unbranched alkanes of at least 4 members (excludes halogenated alkanes) is 1. The maximum atomic E-state index is 12.7. The van der Waals surface area contributed by atoms with Crippen LogP contribution >= 0.6 is 0 Å². The van der Waals surface area contributed by atoms with Gasteiger partial charge in [0, 0.05) is 25.1 Å². The molecular formula is C15H20F3N3O5S. The minimum absolute atomic E-state index is 0.158. The van der Waals surface area contributed by atoms with Gasteiger partial charge in [0.1, 0.15) is 0 Å². The lowest BCUT2D eigenvalue weighted by molar-refractivity contribution is -0.0502. The fourth-order valence-corrected chi connectivity index (χ4v) is 4.04. The van der Waals surface area contributed by atoms with Crippen LogP contribution < -0.4 is 4.18 Å². The molecular weight excluding hydrogens is 391 g/mol. The number of nitrogens with zero attached hydrogens (tertiary/aromatic N) is 3. The Kier molecular flexibility index (Phi) is 5.04. The van der Waals surface area contributed by atoms with Gasteiger partial charge in [-0.05, 0) is 19.3 Å². The molecule has 152 valence electrons. The van der Waals surface area contributed by atoms with E-state index in [0.717, 1.165) is 17.5 Å². The molecule has 0 saturated carbocycles. The molecule has 8 nitrogen and oxygen atoms in total. The van der Waals surface area contributed by atoms with E-state index >= 15 is 0 Å². The Hall–Kier alpha value is -1.98. The number of hydrogen-bond donors (Lipinski definition) is 0. The normalized spacial score (nSPS) is 21.9. The Morgan fingerprint density at radius 2 is 2.04 bits per heavy atom. The second-order valence-corrected chi connectivity index (χ2v) is 8.14. The number of aromatic nitrogens is 2. The molecule has 1 aromatic rings. The number of rotatable bonds is 5. The molecule has 2 bridgehead atoms. The summed E-state index contributed by atoms with van der Waals surface area (Å²) in [5.41, 5.74) is -4.89. The van der Waals surface area contributed by atoms with Crippen LogP contribution in [0.25, 0.3) is 0 Å². The van der Waals surface area contributed by atoms with E-state index in [1.54, 1.807) is 4.90 Å². The Morgan fingerprint density at radius 3 is 2.67 bits per heavy atom. The van der Waals surface area contributed by atoms with Gasteiger partial charge in [-0.15, -0.1) is 0 Å². The molecule has 1 aromatic heterocycles. The van der Waals surface area contributed by atoms with E-state index in [9.17, 15) is 26.4 Å². The highest BCUT2D eigenvalue weighted by Gasteiger charge is 2.51. The zero-order valence-corrected chi connectivity index (χ0v) is 15.6. The summed E-state index contributed by atoms with van der Waals surface area (Å²) in [5.74, 6) is -0.460. The molecule has 1 amide bonds. The van der Waals surface area contributed by atoms with Gasteiger partial charge in [0.25, 0.3) is 0 Å². The first-order valence-electron chi connectivity index (χ1n) is 8.58. The predicted molar refractivity (Wildman–Crippen MR) is 86.4 cm³/mol. The van der Waals surface area contributed by atoms with Crippen LogP contribution in [0.3, 0.4) is 0 Å². The molecule has 0 unspecified atom stereocenters. The van der Waals surface area contributed by atoms with Crippen LogP contribution in [0.5, 0.6) is 5.88 Å². The highest BCUT2D eigenvalue weighted by molar-refractivity contribution is 7.87. The van der Waals surface area contributed by atoms with Crippen molar-refractivity contribution in [2.75, 3.05) is 6.61 Å². The zero-order chi connectivity index (χ0) is 20.0. The number of ether oxygens (including phenoxy) is 1. The number of carbonyl (C=O) groups is 1. The molecule has 27 heavy (non-hydrogen) atoms. The Morgan fingerprint density at radius 1 is 1.33 bits per heavy atom. The van der Waals surface area contributed by atoms with E-state index in [2.05, 4.69) is 9.28 Å². The molecule has 0 N–H and O–H groups in total. The minimum atomic E-state index is -5.80. The molecule has 3 heterocycles. The van der Waals surface area contributed by atoms with E-state index in [4.69, 9.17) is 4.74 Å². The summed E-state index contributed by atoms with van der Waals surface area (Å²) in [7, 11) is -4.50. The molecule has 3 rings (SSSR count). The van der Waals surface area contributed by atoms with Gasteiger partial charge in [0.2, 0.25) is 5.88 Å². The van der Waals surface area contributed by atoms with E-state index in [1.807, 2.05) is 6.92 Å². The summed E-state index contributed by atoms with van der Waals surface area (Å²) in [5, 5.41) is 4.14. The van der Waals surface area contributed by atoms with Crippen molar-refractivity contribution >= 4 is 16.2 Å². The number of alkyl halides is 3. The third-order valence-corrected chi connectivity index (χ3v) is 5.73. The van der Waals surface area contributed by atoms with Crippen LogP contribution in [0.1, 0.15) is 49.9 Å². The quantitative estimate of drug-likeness (QED) is 0.420. The van der Waals surface area contributed by atoms with E-state index < -0.39 is 33.6 Å². The number of amides is 1. The van der Waals surface area contributed by atoms with E-state index in [0.29, 0.717) is 25.1 Å². The monoisotopic (exact) mass is 411 g/mol. The van der Waals surface area contributed by atoms with Crippen LogP contribution in [0.2, 0.25) is 0 Å². The summed E-state index contributed by atoms with van der Waals surface area (Å²) < 4.78 is 71.3. The third-order valence-electron chi connectivity index (χ3n) is 4.78. The highest BCUT2D eigenvalue weighted by Crippen LogP contribution is 2.46. The van der Waals surface area contributed by atoms with Crippen molar-refractivity contribution in [1.82, 2.24) is 14.7 Å². The highest BCUT2D eigenvalue weighted by atomic mass is 32.2. The predicted octanol–water partition coefficient (Wildman–Crippen LogP) is 2.65. The molecule has 2 aliphatic rings. The number of fused-ring (bicyclic) bond motifs is 4. The Bertz CT molecular complexity index is 836. The summed E-state index contributed by atoms with van der Waals surface area (Å²) in [6.07, 6.45) is 2.47. The summed E-state index contributed by atoms with van der Waals surface area (Å²) in [6.45, 7) is 2.26. The molecule has 12 heteroatoms. The van der Waals surface area contributed by atoms with Gasteiger partial charge in [0.15, 0.2) is 0 Å². The number of halogens is 3. The lowest BCUT2D eigenvalue weighted by Gasteiger charge is -2.33. The smallest absolute Gasteiger partial charge is 0.449 e. The standard InChI is InChI=1S/C15H20F3N3O5S/c1-3-4-7-25-14(22)21-9-5-6-11(21)12-10(8-9)13(20(2)19-12)26-27(23,24)15(16,17)18/h9,11H,3-8H2,1-2H3/t9-,11+/m1/s1. The Balaban J connectivity index is 1.87. The van der Waals surface area contributed by atoms with E-state index in [-0.39, 0.29) is 18.0 Å². The zero-order valence-electron chi connectivity index (χ0n) is 14.8. The van der Waals surface area contributed by atoms with Gasteiger partial charge in [-0.25, -0.2) is 9.48 Å². The first-order valence-corrected chi connectivity index (χ1v) is 9.99. The number of carbonyl (C=O) groups excluding carboxylic acids is 1. The fourth-order valence-electron chi connectivity index (χ4n) is 3.53. The van der Waals surface area contributed by atoms with Crippen LogP contribution in [-0.2, 0) is 28.3 Å². The molecule has 2 atom stereocenters. The fraction of sp³-hybridized carbons (Fsp3) is 0.733. The van der Waals surface area contributed by atoms with Gasteiger partial charge >= 0.3 is 21.7 Å². The van der Waals surface area contributed by atoms with Crippen LogP contribution in [0.15, 0.2) is 0 Å². The van der Waals surface area contributed by atoms with Crippen molar-refractivity contribution in [1.29, 1.82) is 0 Å². The van der Waals surface area contributed by atoms with Crippen LogP contribution in [-0.4, -0.2) is 47.3 Å². The van der Waals surface area contributed by atoms with Gasteiger partial charge in [0.05, 0.1) is 18.3 Å². The molecule has 2 aliphatic heterocycles. The minimum Gasteiger partial charge on any atom is -0.449 e. The summed E-state index contributed by atoms with van der Waals surface area (Å²) >= 11 is 0. The van der Waals surface area contributed by atoms with Crippen molar-refractivity contribution in [2.24, 2.45) is 7.05 Å². The van der Waals surface area contributed by atoms with Gasteiger partial charge < -0.3 is 8.92 Å². The van der Waals surface area contributed by atoms with Crippen molar-refractivity contribution in [3.63, 3.8) is 0 Å². The molecule has 0 spiro atoms. The van der Waals surface area contributed by atoms with Gasteiger partial charge in [-0.2, -0.15) is 26.7 Å². The maximum absolute atomic E-state index is 12.7. The van der Waals surface area contributed by atoms with Crippen LogP contribution in [0.4, 0.5) is 18.0 Å². The molecule has 1 fully saturated rings. The average Bonchev–Trinajstić information content (AvgIpc) is 3.05. The van der Waals surface area contributed by atoms with Crippen molar-refractivity contribution in [2.45, 2.75) is 56.6 Å². The van der Waals surface area contributed by atoms with Crippen molar-refractivity contribution in [3.05, 3.63) is 11.3 Å². The largest absolute Gasteiger partial charge is 0.534 e. The molecule has 0 aliphatic carbocycles. The first kappa shape index (κ1) is 19.8. The van der Waals surface area contributed by atoms with Gasteiger partial charge in [-0.1, -0.05) is 13.3 Å². The lowest BCUT2D eigenvalue weighted by Crippen LogP contribution is -2.42. The molecule has 0 aromatic carbocycles. The summed E-state index contributed by atoms with van der Waals surface area (Å²) in [6, 6.07) is -0.762. The van der Waals surface area contributed by atoms with E-state index in [1.165, 1.54) is 7.05 Å². The topological polar surface area (TPSA) is 90.7 Å². The maximum Gasteiger partial charge on any atom is 0.534 e. The second kappa shape index (κ2) is 6.88.